The van der Waals surface area contributed by atoms with Crippen molar-refractivity contribution in [1.29, 1.82) is 0 Å². The number of nitrogen functional groups attached to an aromatic ring is 1. The first-order chi connectivity index (χ1) is 7.65. The summed E-state index contributed by atoms with van der Waals surface area (Å²) < 4.78 is 19.0. The van der Waals surface area contributed by atoms with Crippen LogP contribution in [0.4, 0.5) is 10.2 Å². The van der Waals surface area contributed by atoms with Gasteiger partial charge in [0.2, 0.25) is 0 Å². The van der Waals surface area contributed by atoms with E-state index in [4.69, 9.17) is 10.5 Å². The minimum absolute atomic E-state index is 0.357. The number of rotatable bonds is 2. The first kappa shape index (κ1) is 10.9. The SMILES string of the molecule is Nc1cc(Oc2ccc(Br)c(F)c2)ccn1. The molecule has 0 aliphatic rings. The summed E-state index contributed by atoms with van der Waals surface area (Å²) in [4.78, 5) is 3.83. The predicted molar refractivity (Wildman–Crippen MR) is 62.8 cm³/mol. The average molecular weight is 283 g/mol. The summed E-state index contributed by atoms with van der Waals surface area (Å²) in [6, 6.07) is 7.75. The van der Waals surface area contributed by atoms with E-state index in [1.807, 2.05) is 0 Å². The van der Waals surface area contributed by atoms with Crippen molar-refractivity contribution in [2.45, 2.75) is 0 Å². The smallest absolute Gasteiger partial charge is 0.141 e. The fourth-order valence-electron chi connectivity index (χ4n) is 1.17. The van der Waals surface area contributed by atoms with Crippen LogP contribution in [0.3, 0.4) is 0 Å². The molecule has 0 unspecified atom stereocenters. The van der Waals surface area contributed by atoms with Crippen LogP contribution in [-0.4, -0.2) is 4.98 Å². The number of nitrogens with zero attached hydrogens (tertiary/aromatic N) is 1. The molecule has 2 rings (SSSR count). The molecule has 82 valence electrons. The molecule has 1 heterocycles. The van der Waals surface area contributed by atoms with Crippen LogP contribution in [0.1, 0.15) is 0 Å². The number of benzene rings is 1. The minimum Gasteiger partial charge on any atom is -0.457 e. The number of hydrogen-bond donors (Lipinski definition) is 1. The quantitative estimate of drug-likeness (QED) is 0.919. The highest BCUT2D eigenvalue weighted by molar-refractivity contribution is 9.10. The maximum Gasteiger partial charge on any atom is 0.141 e. The molecule has 3 nitrogen and oxygen atoms in total. The van der Waals surface area contributed by atoms with Gasteiger partial charge in [0.1, 0.15) is 23.1 Å². The van der Waals surface area contributed by atoms with Crippen LogP contribution in [0.5, 0.6) is 11.5 Å². The van der Waals surface area contributed by atoms with Gasteiger partial charge in [-0.25, -0.2) is 9.37 Å². The van der Waals surface area contributed by atoms with Crippen LogP contribution in [0.15, 0.2) is 41.0 Å². The van der Waals surface area contributed by atoms with Crippen molar-refractivity contribution in [3.63, 3.8) is 0 Å². The molecule has 1 aromatic heterocycles. The highest BCUT2D eigenvalue weighted by Crippen LogP contribution is 2.25. The van der Waals surface area contributed by atoms with Crippen molar-refractivity contribution in [2.24, 2.45) is 0 Å². The molecule has 2 aromatic rings. The second-order valence-corrected chi connectivity index (χ2v) is 3.95. The van der Waals surface area contributed by atoms with E-state index in [2.05, 4.69) is 20.9 Å². The van der Waals surface area contributed by atoms with E-state index < -0.39 is 0 Å². The zero-order chi connectivity index (χ0) is 11.5. The number of hydrogen-bond acceptors (Lipinski definition) is 3. The lowest BCUT2D eigenvalue weighted by molar-refractivity contribution is 0.476. The number of ether oxygens (including phenoxy) is 1. The summed E-state index contributed by atoms with van der Waals surface area (Å²) in [5.74, 6) is 0.912. The van der Waals surface area contributed by atoms with Crippen LogP contribution in [0, 0.1) is 5.82 Å². The number of anilines is 1. The Morgan fingerprint density at radius 1 is 1.19 bits per heavy atom. The first-order valence-electron chi connectivity index (χ1n) is 4.49. The maximum atomic E-state index is 13.2. The molecule has 0 atom stereocenters. The summed E-state index contributed by atoms with van der Waals surface area (Å²) in [6.45, 7) is 0. The molecule has 0 spiro atoms. The molecule has 5 heteroatoms. The van der Waals surface area contributed by atoms with E-state index >= 15 is 0 Å². The van der Waals surface area contributed by atoms with Crippen molar-refractivity contribution in [2.75, 3.05) is 5.73 Å². The molecule has 16 heavy (non-hydrogen) atoms. The maximum absolute atomic E-state index is 13.2. The predicted octanol–water partition coefficient (Wildman–Crippen LogP) is 3.36. The highest BCUT2D eigenvalue weighted by atomic mass is 79.9. The summed E-state index contributed by atoms with van der Waals surface area (Å²) in [5.41, 5.74) is 5.49. The van der Waals surface area contributed by atoms with Crippen molar-refractivity contribution in [1.82, 2.24) is 4.98 Å². The van der Waals surface area contributed by atoms with Gasteiger partial charge < -0.3 is 10.5 Å². The molecular formula is C11H8BrFN2O. The zero-order valence-electron chi connectivity index (χ0n) is 8.15. The van der Waals surface area contributed by atoms with Gasteiger partial charge in [-0.2, -0.15) is 0 Å². The largest absolute Gasteiger partial charge is 0.457 e. The van der Waals surface area contributed by atoms with Gasteiger partial charge in [0.25, 0.3) is 0 Å². The van der Waals surface area contributed by atoms with Gasteiger partial charge in [-0.3, -0.25) is 0 Å². The minimum atomic E-state index is -0.375. The van der Waals surface area contributed by atoms with E-state index in [9.17, 15) is 4.39 Å². The van der Waals surface area contributed by atoms with Crippen molar-refractivity contribution in [3.8, 4) is 11.5 Å². The molecule has 1 aromatic carbocycles. The molecule has 0 radical (unpaired) electrons. The molecule has 0 aliphatic carbocycles. The van der Waals surface area contributed by atoms with Crippen molar-refractivity contribution < 1.29 is 9.13 Å². The number of halogens is 2. The van der Waals surface area contributed by atoms with Gasteiger partial charge in [-0.15, -0.1) is 0 Å². The van der Waals surface area contributed by atoms with Crippen LogP contribution in [-0.2, 0) is 0 Å². The second-order valence-electron chi connectivity index (χ2n) is 3.09. The van der Waals surface area contributed by atoms with Crippen molar-refractivity contribution in [3.05, 3.63) is 46.8 Å². The van der Waals surface area contributed by atoms with Crippen LogP contribution in [0.2, 0.25) is 0 Å². The fourth-order valence-corrected chi connectivity index (χ4v) is 1.41. The van der Waals surface area contributed by atoms with E-state index in [0.717, 1.165) is 0 Å². The first-order valence-corrected chi connectivity index (χ1v) is 5.29. The van der Waals surface area contributed by atoms with Gasteiger partial charge in [0.05, 0.1) is 4.47 Å². The van der Waals surface area contributed by atoms with E-state index in [-0.39, 0.29) is 5.82 Å². The Bertz CT molecular complexity index is 519. The molecule has 0 amide bonds. The average Bonchev–Trinajstić information content (AvgIpc) is 2.24. The van der Waals surface area contributed by atoms with Gasteiger partial charge in [0, 0.05) is 18.3 Å². The molecule has 0 saturated carbocycles. The van der Waals surface area contributed by atoms with Crippen molar-refractivity contribution >= 4 is 21.7 Å². The second kappa shape index (κ2) is 4.49. The summed E-state index contributed by atoms with van der Waals surface area (Å²) in [6.07, 6.45) is 1.53. The summed E-state index contributed by atoms with van der Waals surface area (Å²) in [5, 5.41) is 0. The van der Waals surface area contributed by atoms with Gasteiger partial charge in [0.15, 0.2) is 0 Å². The Morgan fingerprint density at radius 3 is 2.62 bits per heavy atom. The Kier molecular flexibility index (Phi) is 3.05. The lowest BCUT2D eigenvalue weighted by Crippen LogP contribution is -1.91. The number of pyridine rings is 1. The Hall–Kier alpha value is -1.62. The molecular weight excluding hydrogens is 275 g/mol. The topological polar surface area (TPSA) is 48.1 Å². The zero-order valence-corrected chi connectivity index (χ0v) is 9.74. The summed E-state index contributed by atoms with van der Waals surface area (Å²) in [7, 11) is 0. The molecule has 0 aliphatic heterocycles. The van der Waals surface area contributed by atoms with Gasteiger partial charge in [-0.05, 0) is 34.1 Å². The Labute approximate surface area is 100 Å². The highest BCUT2D eigenvalue weighted by Gasteiger charge is 2.03. The standard InChI is InChI=1S/C11H8BrFN2O/c12-9-2-1-7(5-10(9)13)16-8-3-4-15-11(14)6-8/h1-6H,(H2,14,15). The summed E-state index contributed by atoms with van der Waals surface area (Å²) >= 11 is 3.07. The molecule has 0 saturated heterocycles. The van der Waals surface area contributed by atoms with E-state index in [0.29, 0.717) is 21.8 Å². The number of aromatic nitrogens is 1. The monoisotopic (exact) mass is 282 g/mol. The Balaban J connectivity index is 2.24. The lowest BCUT2D eigenvalue weighted by atomic mass is 10.3. The molecule has 2 N–H and O–H groups in total. The van der Waals surface area contributed by atoms with E-state index in [1.165, 1.54) is 12.3 Å². The molecule has 0 fully saturated rings. The normalized spacial score (nSPS) is 10.1. The van der Waals surface area contributed by atoms with Gasteiger partial charge >= 0.3 is 0 Å². The molecule has 0 bridgehead atoms. The van der Waals surface area contributed by atoms with Crippen LogP contribution in [0.25, 0.3) is 0 Å². The third kappa shape index (κ3) is 2.49. The third-order valence-electron chi connectivity index (χ3n) is 1.88. The fraction of sp³-hybridized carbons (Fsp3) is 0. The third-order valence-corrected chi connectivity index (χ3v) is 2.52. The van der Waals surface area contributed by atoms with Crippen LogP contribution >= 0.6 is 15.9 Å². The Morgan fingerprint density at radius 2 is 1.94 bits per heavy atom. The lowest BCUT2D eigenvalue weighted by Gasteiger charge is -2.06. The van der Waals surface area contributed by atoms with Gasteiger partial charge in [-0.1, -0.05) is 0 Å². The van der Waals surface area contributed by atoms with Crippen LogP contribution < -0.4 is 10.5 Å². The number of nitrogens with two attached hydrogens (primary N) is 1. The van der Waals surface area contributed by atoms with E-state index in [1.54, 1.807) is 24.3 Å².